The Hall–Kier alpha value is -0.606. The minimum Gasteiger partial charge on any atom is -0.493 e. The van der Waals surface area contributed by atoms with Crippen LogP contribution in [0, 0.1) is 0 Å². The summed E-state index contributed by atoms with van der Waals surface area (Å²) in [4.78, 5) is 10.6. The van der Waals surface area contributed by atoms with Gasteiger partial charge in [-0.25, -0.2) is 4.79 Å². The molecule has 0 heterocycles. The van der Waals surface area contributed by atoms with Crippen molar-refractivity contribution in [1.29, 1.82) is 0 Å². The molecule has 0 aliphatic heterocycles. The number of ether oxygens (including phenoxy) is 2. The molecule has 14 heavy (non-hydrogen) atoms. The van der Waals surface area contributed by atoms with E-state index in [-0.39, 0.29) is 38.3 Å². The second-order valence-electron chi connectivity index (χ2n) is 2.37. The molecular weight excluding hydrogens is 261 g/mol. The number of rotatable bonds is 3. The first kappa shape index (κ1) is 13.4. The zero-order chi connectivity index (χ0) is 9.84. The Morgan fingerprint density at radius 2 is 1.79 bits per heavy atom. The van der Waals surface area contributed by atoms with Crippen LogP contribution in [0.2, 0.25) is 0 Å². The second kappa shape index (κ2) is 5.99. The Labute approximate surface area is 107 Å². The summed E-state index contributed by atoms with van der Waals surface area (Å²) in [7, 11) is 2.96. The predicted octanol–water partition coefficient (Wildman–Crippen LogP) is 1.40. The molecule has 1 aromatic carbocycles. The van der Waals surface area contributed by atoms with E-state index in [1.165, 1.54) is 26.4 Å². The van der Waals surface area contributed by atoms with Gasteiger partial charge in [0, 0.05) is 32.7 Å². The molecule has 1 aromatic rings. The third kappa shape index (κ3) is 2.96. The molecule has 0 saturated heterocycles. The molecule has 0 aliphatic rings. The average molecular weight is 271 g/mol. The average Bonchev–Trinajstić information content (AvgIpc) is 2.16. The fourth-order valence-electron chi connectivity index (χ4n) is 0.969. The number of carbonyl (C=O) groups is 1. The van der Waals surface area contributed by atoms with Crippen molar-refractivity contribution in [2.45, 2.75) is 0 Å². The number of benzene rings is 1. The third-order valence-corrected chi connectivity index (χ3v) is 1.63. The topological polar surface area (TPSA) is 55.8 Å². The van der Waals surface area contributed by atoms with Crippen LogP contribution in [0.5, 0.6) is 11.5 Å². The molecule has 73 valence electrons. The van der Waals surface area contributed by atoms with E-state index in [9.17, 15) is 4.79 Å². The van der Waals surface area contributed by atoms with E-state index in [4.69, 9.17) is 14.6 Å². The summed E-state index contributed by atoms with van der Waals surface area (Å²) >= 11 is 0. The maximum absolute atomic E-state index is 10.6. The Balaban J connectivity index is 0.00000169. The van der Waals surface area contributed by atoms with Crippen LogP contribution < -0.4 is 9.47 Å². The molecule has 0 atom stereocenters. The molecule has 4 nitrogen and oxygen atoms in total. The molecule has 0 fully saturated rings. The molecule has 1 rings (SSSR count). The summed E-state index contributed by atoms with van der Waals surface area (Å²) in [5.74, 6) is -0.0455. The van der Waals surface area contributed by atoms with Crippen molar-refractivity contribution in [2.24, 2.45) is 0 Å². The number of hydrogen-bond acceptors (Lipinski definition) is 3. The minimum absolute atomic E-state index is 0. The Bertz CT molecular complexity index is 325. The summed E-state index contributed by atoms with van der Waals surface area (Å²) in [6, 6.07) is 4.44. The van der Waals surface area contributed by atoms with E-state index in [0.29, 0.717) is 11.5 Å². The van der Waals surface area contributed by atoms with E-state index >= 15 is 0 Å². The molecule has 0 aromatic heterocycles. The van der Waals surface area contributed by atoms with Crippen LogP contribution in [0.25, 0.3) is 0 Å². The molecule has 0 amide bonds. The Kier molecular flexibility index (Phi) is 5.73. The van der Waals surface area contributed by atoms with Gasteiger partial charge in [0.15, 0.2) is 11.5 Å². The van der Waals surface area contributed by atoms with Crippen LogP contribution in [0.3, 0.4) is 0 Å². The van der Waals surface area contributed by atoms with Gasteiger partial charge in [0.25, 0.3) is 0 Å². The summed E-state index contributed by atoms with van der Waals surface area (Å²) in [5.41, 5.74) is 0.178. The maximum Gasteiger partial charge on any atom is 0.335 e. The van der Waals surface area contributed by atoms with E-state index in [1.54, 1.807) is 6.07 Å². The van der Waals surface area contributed by atoms with Gasteiger partial charge in [-0.05, 0) is 18.2 Å². The quantitative estimate of drug-likeness (QED) is 0.902. The molecule has 0 unspecified atom stereocenters. The van der Waals surface area contributed by atoms with E-state index in [0.717, 1.165) is 0 Å². The number of carboxylic acids is 1. The molecule has 0 bridgehead atoms. The molecular formula is C9H10O4Y. The first-order valence-corrected chi connectivity index (χ1v) is 3.64. The molecule has 1 N–H and O–H groups in total. The second-order valence-corrected chi connectivity index (χ2v) is 2.37. The van der Waals surface area contributed by atoms with Crippen molar-refractivity contribution in [3.63, 3.8) is 0 Å². The molecule has 0 aliphatic carbocycles. The fourth-order valence-corrected chi connectivity index (χ4v) is 0.969. The monoisotopic (exact) mass is 271 g/mol. The summed E-state index contributed by atoms with van der Waals surface area (Å²) in [6.07, 6.45) is 0. The van der Waals surface area contributed by atoms with Gasteiger partial charge in [-0.15, -0.1) is 0 Å². The van der Waals surface area contributed by atoms with Gasteiger partial charge in [-0.2, -0.15) is 0 Å². The van der Waals surface area contributed by atoms with Gasteiger partial charge in [0.2, 0.25) is 0 Å². The SMILES string of the molecule is COc1ccc(C(=O)O)cc1OC.[Y]. The largest absolute Gasteiger partial charge is 0.493 e. The van der Waals surface area contributed by atoms with Gasteiger partial charge >= 0.3 is 5.97 Å². The summed E-state index contributed by atoms with van der Waals surface area (Å²) < 4.78 is 9.89. The predicted molar refractivity (Wildman–Crippen MR) is 46.5 cm³/mol. The van der Waals surface area contributed by atoms with Crippen LogP contribution in [0.15, 0.2) is 18.2 Å². The number of hydrogen-bond donors (Lipinski definition) is 1. The van der Waals surface area contributed by atoms with Crippen LogP contribution in [-0.2, 0) is 32.7 Å². The Morgan fingerprint density at radius 1 is 1.21 bits per heavy atom. The molecule has 1 radical (unpaired) electrons. The molecule has 5 heteroatoms. The van der Waals surface area contributed by atoms with Crippen LogP contribution >= 0.6 is 0 Å². The summed E-state index contributed by atoms with van der Waals surface area (Å²) in [5, 5.41) is 8.67. The number of carboxylic acid groups (broad SMARTS) is 1. The maximum atomic E-state index is 10.6. The number of methoxy groups -OCH3 is 2. The number of aromatic carboxylic acids is 1. The van der Waals surface area contributed by atoms with Gasteiger partial charge in [-0.3, -0.25) is 0 Å². The van der Waals surface area contributed by atoms with Crippen LogP contribution in [0.4, 0.5) is 0 Å². The van der Waals surface area contributed by atoms with Crippen LogP contribution in [0.1, 0.15) is 10.4 Å². The van der Waals surface area contributed by atoms with Crippen molar-refractivity contribution in [2.75, 3.05) is 14.2 Å². The van der Waals surface area contributed by atoms with Crippen molar-refractivity contribution >= 4 is 5.97 Å². The van der Waals surface area contributed by atoms with Gasteiger partial charge in [0.05, 0.1) is 19.8 Å². The summed E-state index contributed by atoms with van der Waals surface area (Å²) in [6.45, 7) is 0. The Morgan fingerprint density at radius 3 is 2.21 bits per heavy atom. The van der Waals surface area contributed by atoms with Crippen LogP contribution in [-0.4, -0.2) is 25.3 Å². The van der Waals surface area contributed by atoms with Crippen molar-refractivity contribution in [1.82, 2.24) is 0 Å². The normalized spacial score (nSPS) is 8.71. The van der Waals surface area contributed by atoms with Crippen molar-refractivity contribution < 1.29 is 52.1 Å². The van der Waals surface area contributed by atoms with Crippen molar-refractivity contribution in [3.8, 4) is 11.5 Å². The minimum atomic E-state index is -0.985. The zero-order valence-electron chi connectivity index (χ0n) is 7.98. The fraction of sp³-hybridized carbons (Fsp3) is 0.222. The standard InChI is InChI=1S/C9H10O4.Y/c1-12-7-4-3-6(9(10)11)5-8(7)13-2;/h3-5H,1-2H3,(H,10,11);. The van der Waals surface area contributed by atoms with Gasteiger partial charge < -0.3 is 14.6 Å². The first-order chi connectivity index (χ1) is 6.19. The third-order valence-electron chi connectivity index (χ3n) is 1.63. The first-order valence-electron chi connectivity index (χ1n) is 3.64. The van der Waals surface area contributed by atoms with E-state index in [1.807, 2.05) is 0 Å². The zero-order valence-corrected chi connectivity index (χ0v) is 10.8. The van der Waals surface area contributed by atoms with Gasteiger partial charge in [-0.1, -0.05) is 0 Å². The molecule has 0 saturated carbocycles. The smallest absolute Gasteiger partial charge is 0.335 e. The molecule has 0 spiro atoms. The van der Waals surface area contributed by atoms with E-state index in [2.05, 4.69) is 0 Å². The van der Waals surface area contributed by atoms with Crippen molar-refractivity contribution in [3.05, 3.63) is 23.8 Å². The van der Waals surface area contributed by atoms with Gasteiger partial charge in [0.1, 0.15) is 0 Å². The van der Waals surface area contributed by atoms with E-state index < -0.39 is 5.97 Å².